The standard InChI is InChI=1S/C31H37N3O7S/c1-20-12-14-23(15-13-20)42(39,40)33-18-25-27-24(28(35)34(29(27)36)22-10-6-3-7-11-22)16-26(31(25,38)19-33)41-30(37)32-17-21-8-4-2-5-9-21/h3,6-7,10-15,21,24-27,38H,2,4-5,8-9,16-19H2,1H3,(H,32,37)/t24-,25-,26-,27-,31+/m0/s1. The molecular formula is C31H37N3O7S. The lowest BCUT2D eigenvalue weighted by Gasteiger charge is -2.44. The molecular weight excluding hydrogens is 558 g/mol. The molecule has 224 valence electrons. The van der Waals surface area contributed by atoms with Crippen LogP contribution < -0.4 is 10.2 Å². The van der Waals surface area contributed by atoms with Gasteiger partial charge in [0.2, 0.25) is 21.8 Å². The second-order valence-corrected chi connectivity index (χ2v) is 14.1. The van der Waals surface area contributed by atoms with E-state index < -0.39 is 57.4 Å². The maximum atomic E-state index is 13.8. The topological polar surface area (TPSA) is 133 Å². The SMILES string of the molecule is Cc1ccc(S(=O)(=O)N2C[C@H]3[C@H]4C(=O)N(c5ccccc5)C(=O)[C@H]4C[C@H](OC(=O)NCC4CCCCC4)[C@@]3(O)C2)cc1. The number of aliphatic hydroxyl groups is 1. The summed E-state index contributed by atoms with van der Waals surface area (Å²) >= 11 is 0. The van der Waals surface area contributed by atoms with Crippen molar-refractivity contribution >= 4 is 33.6 Å². The quantitative estimate of drug-likeness (QED) is 0.490. The van der Waals surface area contributed by atoms with Gasteiger partial charge in [-0.25, -0.2) is 13.2 Å². The monoisotopic (exact) mass is 595 g/mol. The summed E-state index contributed by atoms with van der Waals surface area (Å²) in [6, 6.07) is 15.0. The first-order chi connectivity index (χ1) is 20.1. The first kappa shape index (κ1) is 28.8. The van der Waals surface area contributed by atoms with E-state index in [1.807, 2.05) is 6.92 Å². The lowest BCUT2D eigenvalue weighted by molar-refractivity contribution is -0.156. The van der Waals surface area contributed by atoms with E-state index in [4.69, 9.17) is 4.74 Å². The van der Waals surface area contributed by atoms with Gasteiger partial charge in [0.05, 0.1) is 22.4 Å². The number of aryl methyl sites for hydroxylation is 1. The number of fused-ring (bicyclic) bond motifs is 3. The number of ether oxygens (including phenoxy) is 1. The van der Waals surface area contributed by atoms with E-state index in [0.717, 1.165) is 40.5 Å². The number of nitrogens with zero attached hydrogens (tertiary/aromatic N) is 2. The Morgan fingerprint density at radius 2 is 1.71 bits per heavy atom. The number of anilines is 1. The van der Waals surface area contributed by atoms with E-state index in [-0.39, 0.29) is 24.4 Å². The van der Waals surface area contributed by atoms with Crippen LogP contribution in [0.4, 0.5) is 10.5 Å². The Morgan fingerprint density at radius 1 is 1.02 bits per heavy atom. The van der Waals surface area contributed by atoms with Crippen molar-refractivity contribution in [3.05, 3.63) is 60.2 Å². The lowest BCUT2D eigenvalue weighted by Crippen LogP contribution is -2.59. The Balaban J connectivity index is 1.30. The summed E-state index contributed by atoms with van der Waals surface area (Å²) in [4.78, 5) is 41.7. The molecule has 2 aliphatic heterocycles. The minimum atomic E-state index is -4.05. The van der Waals surface area contributed by atoms with E-state index in [1.165, 1.54) is 18.6 Å². The minimum Gasteiger partial charge on any atom is -0.443 e. The molecule has 2 aromatic carbocycles. The number of rotatable bonds is 6. The predicted molar refractivity (Wildman–Crippen MR) is 154 cm³/mol. The van der Waals surface area contributed by atoms with Crippen LogP contribution in [-0.2, 0) is 24.3 Å². The Morgan fingerprint density at radius 3 is 2.40 bits per heavy atom. The van der Waals surface area contributed by atoms with Gasteiger partial charge in [-0.05, 0) is 56.4 Å². The maximum absolute atomic E-state index is 13.8. The van der Waals surface area contributed by atoms with Gasteiger partial charge in [-0.15, -0.1) is 0 Å². The number of imide groups is 1. The molecule has 4 aliphatic rings. The molecule has 0 unspecified atom stereocenters. The molecule has 2 heterocycles. The molecule has 2 aromatic rings. The van der Waals surface area contributed by atoms with Crippen molar-refractivity contribution in [2.45, 2.75) is 62.0 Å². The Bertz CT molecular complexity index is 1460. The third-order valence-corrected chi connectivity index (χ3v) is 11.4. The average molecular weight is 596 g/mol. The van der Waals surface area contributed by atoms with E-state index in [9.17, 15) is 27.9 Å². The molecule has 2 saturated heterocycles. The molecule has 42 heavy (non-hydrogen) atoms. The molecule has 6 rings (SSSR count). The van der Waals surface area contributed by atoms with Crippen LogP contribution in [0.2, 0.25) is 0 Å². The van der Waals surface area contributed by atoms with Crippen LogP contribution in [0.5, 0.6) is 0 Å². The van der Waals surface area contributed by atoms with Gasteiger partial charge in [0.15, 0.2) is 0 Å². The molecule has 0 bridgehead atoms. The first-order valence-corrected chi connectivity index (χ1v) is 16.2. The van der Waals surface area contributed by atoms with Crippen molar-refractivity contribution < 1.29 is 32.6 Å². The zero-order valence-corrected chi connectivity index (χ0v) is 24.5. The summed E-state index contributed by atoms with van der Waals surface area (Å²) in [7, 11) is -4.05. The molecule has 0 spiro atoms. The molecule has 2 saturated carbocycles. The van der Waals surface area contributed by atoms with Crippen molar-refractivity contribution in [2.75, 3.05) is 24.5 Å². The van der Waals surface area contributed by atoms with E-state index >= 15 is 0 Å². The fraction of sp³-hybridized carbons (Fsp3) is 0.516. The highest BCUT2D eigenvalue weighted by molar-refractivity contribution is 7.89. The van der Waals surface area contributed by atoms with Crippen LogP contribution in [0.1, 0.15) is 44.1 Å². The number of sulfonamides is 1. The highest BCUT2D eigenvalue weighted by atomic mass is 32.2. The predicted octanol–water partition coefficient (Wildman–Crippen LogP) is 3.23. The zero-order valence-electron chi connectivity index (χ0n) is 23.6. The minimum absolute atomic E-state index is 0.0642. The van der Waals surface area contributed by atoms with E-state index in [0.29, 0.717) is 18.2 Å². The van der Waals surface area contributed by atoms with E-state index in [2.05, 4.69) is 5.32 Å². The van der Waals surface area contributed by atoms with Gasteiger partial charge in [0, 0.05) is 25.6 Å². The molecule has 3 amide bonds. The number of carbonyl (C=O) groups excluding carboxylic acids is 3. The number of para-hydroxylation sites is 1. The molecule has 0 radical (unpaired) electrons. The summed E-state index contributed by atoms with van der Waals surface area (Å²) in [5.41, 5.74) is -0.548. The normalized spacial score (nSPS) is 30.2. The molecule has 0 aromatic heterocycles. The molecule has 2 aliphatic carbocycles. The number of alkyl carbamates (subject to hydrolysis) is 1. The molecule has 4 fully saturated rings. The fourth-order valence-corrected chi connectivity index (χ4v) is 8.82. The third kappa shape index (κ3) is 5.01. The van der Waals surface area contributed by atoms with Crippen LogP contribution >= 0.6 is 0 Å². The second-order valence-electron chi connectivity index (χ2n) is 12.2. The number of hydrogen-bond donors (Lipinski definition) is 2. The molecule has 10 nitrogen and oxygen atoms in total. The Kier molecular flexibility index (Phi) is 7.61. The lowest BCUT2D eigenvalue weighted by atomic mass is 9.65. The summed E-state index contributed by atoms with van der Waals surface area (Å²) < 4.78 is 34.4. The van der Waals surface area contributed by atoms with Crippen molar-refractivity contribution in [3.63, 3.8) is 0 Å². The van der Waals surface area contributed by atoms with Gasteiger partial charge in [-0.1, -0.05) is 55.2 Å². The van der Waals surface area contributed by atoms with Crippen molar-refractivity contribution in [2.24, 2.45) is 23.7 Å². The number of hydrogen-bond acceptors (Lipinski definition) is 7. The number of carbonyl (C=O) groups is 3. The van der Waals surface area contributed by atoms with Crippen LogP contribution in [0.25, 0.3) is 0 Å². The number of β-amino-alcohol motifs (C(OH)–C–C–N with tert-alkyl or cyclic N) is 1. The van der Waals surface area contributed by atoms with Crippen LogP contribution in [0.3, 0.4) is 0 Å². The fourth-order valence-electron chi connectivity index (χ4n) is 7.30. The van der Waals surface area contributed by atoms with Gasteiger partial charge in [-0.2, -0.15) is 4.31 Å². The largest absolute Gasteiger partial charge is 0.443 e. The van der Waals surface area contributed by atoms with Crippen LogP contribution in [0.15, 0.2) is 59.5 Å². The van der Waals surface area contributed by atoms with Gasteiger partial charge in [-0.3, -0.25) is 14.5 Å². The number of amides is 3. The third-order valence-electron chi connectivity index (χ3n) is 9.59. The summed E-state index contributed by atoms with van der Waals surface area (Å²) in [5, 5.41) is 15.0. The number of nitrogens with one attached hydrogen (secondary N) is 1. The van der Waals surface area contributed by atoms with Crippen LogP contribution in [0, 0.1) is 30.6 Å². The van der Waals surface area contributed by atoms with Crippen LogP contribution in [-0.4, -0.2) is 67.1 Å². The first-order valence-electron chi connectivity index (χ1n) is 14.8. The molecule has 2 N–H and O–H groups in total. The van der Waals surface area contributed by atoms with E-state index in [1.54, 1.807) is 42.5 Å². The Hall–Kier alpha value is -3.28. The van der Waals surface area contributed by atoms with Crippen molar-refractivity contribution in [3.8, 4) is 0 Å². The maximum Gasteiger partial charge on any atom is 0.407 e. The average Bonchev–Trinajstić information content (AvgIpc) is 3.47. The highest BCUT2D eigenvalue weighted by Crippen LogP contribution is 2.52. The van der Waals surface area contributed by atoms with Gasteiger partial charge in [0.1, 0.15) is 11.7 Å². The van der Waals surface area contributed by atoms with Gasteiger partial charge >= 0.3 is 6.09 Å². The zero-order chi connectivity index (χ0) is 29.6. The highest BCUT2D eigenvalue weighted by Gasteiger charge is 2.68. The summed E-state index contributed by atoms with van der Waals surface area (Å²) in [6.45, 7) is 1.77. The van der Waals surface area contributed by atoms with Crippen molar-refractivity contribution in [1.29, 1.82) is 0 Å². The Labute approximate surface area is 246 Å². The smallest absolute Gasteiger partial charge is 0.407 e. The van der Waals surface area contributed by atoms with Gasteiger partial charge < -0.3 is 15.2 Å². The summed E-state index contributed by atoms with van der Waals surface area (Å²) in [6.07, 6.45) is 3.50. The van der Waals surface area contributed by atoms with Gasteiger partial charge in [0.25, 0.3) is 0 Å². The molecule has 5 atom stereocenters. The molecule has 11 heteroatoms. The summed E-state index contributed by atoms with van der Waals surface area (Å²) in [5.74, 6) is -3.32. The second kappa shape index (κ2) is 11.1. The number of benzene rings is 2. The van der Waals surface area contributed by atoms with Crippen molar-refractivity contribution in [1.82, 2.24) is 9.62 Å².